The molecule has 1 aliphatic rings. The molecular formula is C31H33Cl2N5O3. The van der Waals surface area contributed by atoms with Gasteiger partial charge in [-0.2, -0.15) is 0 Å². The molecule has 3 aromatic heterocycles. The fraction of sp³-hybridized carbons (Fsp3) is 0.323. The van der Waals surface area contributed by atoms with E-state index < -0.39 is 5.79 Å². The van der Waals surface area contributed by atoms with Crippen LogP contribution in [0, 0.1) is 0 Å². The second-order valence-electron chi connectivity index (χ2n) is 10.7. The van der Waals surface area contributed by atoms with E-state index in [-0.39, 0.29) is 12.3 Å². The summed E-state index contributed by atoms with van der Waals surface area (Å²) in [4.78, 5) is 13.3. The highest BCUT2D eigenvalue weighted by Gasteiger charge is 2.27. The number of anilines is 1. The van der Waals surface area contributed by atoms with Crippen LogP contribution in [0.5, 0.6) is 0 Å². The molecule has 2 unspecified atom stereocenters. The Morgan fingerprint density at radius 2 is 1.71 bits per heavy atom. The molecule has 10 heteroatoms. The topological polar surface area (TPSA) is 105 Å². The lowest BCUT2D eigenvalue weighted by atomic mass is 10.0. The number of aromatic nitrogens is 4. The van der Waals surface area contributed by atoms with Crippen molar-refractivity contribution in [2.75, 3.05) is 5.32 Å². The van der Waals surface area contributed by atoms with Gasteiger partial charge in [-0.3, -0.25) is 0 Å². The number of aryl methyl sites for hydroxylation is 1. The summed E-state index contributed by atoms with van der Waals surface area (Å²) in [5, 5.41) is 22.8. The monoisotopic (exact) mass is 593 g/mol. The van der Waals surface area contributed by atoms with E-state index in [1.807, 2.05) is 42.6 Å². The Bertz CT molecular complexity index is 1610. The molecule has 41 heavy (non-hydrogen) atoms. The summed E-state index contributed by atoms with van der Waals surface area (Å²) < 4.78 is 8.46. The maximum absolute atomic E-state index is 8.08. The zero-order valence-electron chi connectivity index (χ0n) is 23.0. The number of pyridine rings is 1. The van der Waals surface area contributed by atoms with Gasteiger partial charge in [-0.1, -0.05) is 47.5 Å². The zero-order chi connectivity index (χ0) is 29.0. The van der Waals surface area contributed by atoms with Crippen LogP contribution in [-0.4, -0.2) is 41.6 Å². The van der Waals surface area contributed by atoms with Crippen LogP contribution in [0.4, 0.5) is 5.82 Å². The van der Waals surface area contributed by atoms with Crippen molar-refractivity contribution < 1.29 is 14.9 Å². The molecule has 1 aliphatic heterocycles. The van der Waals surface area contributed by atoms with Gasteiger partial charge in [0.05, 0.1) is 17.0 Å². The maximum atomic E-state index is 8.08. The highest BCUT2D eigenvalue weighted by atomic mass is 35.5. The van der Waals surface area contributed by atoms with Crippen molar-refractivity contribution in [2.24, 2.45) is 0 Å². The number of hydrogen-bond acceptors (Lipinski definition) is 7. The first kappa shape index (κ1) is 29.2. The molecule has 4 heterocycles. The summed E-state index contributed by atoms with van der Waals surface area (Å²) in [7, 11) is 0. The fourth-order valence-corrected chi connectivity index (χ4v) is 5.13. The van der Waals surface area contributed by atoms with E-state index in [2.05, 4.69) is 44.1 Å². The Labute approximate surface area is 248 Å². The van der Waals surface area contributed by atoms with Crippen molar-refractivity contribution in [1.82, 2.24) is 19.5 Å². The smallest absolute Gasteiger partial charge is 0.156 e. The van der Waals surface area contributed by atoms with Crippen LogP contribution >= 0.6 is 23.2 Å². The minimum absolute atomic E-state index is 0.0222. The van der Waals surface area contributed by atoms with Crippen LogP contribution in [0.15, 0.2) is 73.2 Å². The maximum Gasteiger partial charge on any atom is 0.156 e. The third-order valence-corrected chi connectivity index (χ3v) is 7.31. The molecular weight excluding hydrogens is 561 g/mol. The van der Waals surface area contributed by atoms with Gasteiger partial charge in [-0.15, -0.1) is 0 Å². The Morgan fingerprint density at radius 3 is 2.49 bits per heavy atom. The van der Waals surface area contributed by atoms with Gasteiger partial charge in [0, 0.05) is 23.2 Å². The van der Waals surface area contributed by atoms with E-state index in [1.54, 1.807) is 0 Å². The molecule has 3 N–H and O–H groups in total. The molecule has 6 rings (SSSR count). The molecule has 0 bridgehead atoms. The first-order valence-corrected chi connectivity index (χ1v) is 14.3. The van der Waals surface area contributed by atoms with E-state index in [0.717, 1.165) is 64.0 Å². The molecule has 0 spiro atoms. The van der Waals surface area contributed by atoms with Gasteiger partial charge in [0.1, 0.15) is 29.2 Å². The Balaban J connectivity index is 0.000000623. The van der Waals surface area contributed by atoms with E-state index in [1.165, 1.54) is 25.7 Å². The second kappa shape index (κ2) is 12.7. The minimum atomic E-state index is -1.50. The van der Waals surface area contributed by atoms with Crippen LogP contribution in [0.3, 0.4) is 0 Å². The SMILES string of the molecule is CC(C)(O)O.Clc1ccc(CNc2ccc3ccc(CCC4CCC(n5ccc6c(Cl)ncnc65)O4)cc3n2)cc1. The molecule has 0 amide bonds. The number of aliphatic hydroxyl groups is 2. The number of rotatable bonds is 7. The van der Waals surface area contributed by atoms with Gasteiger partial charge >= 0.3 is 0 Å². The predicted octanol–water partition coefficient (Wildman–Crippen LogP) is 6.92. The fourth-order valence-electron chi connectivity index (χ4n) is 4.82. The number of fused-ring (bicyclic) bond motifs is 2. The van der Waals surface area contributed by atoms with Crippen molar-refractivity contribution in [3.05, 3.63) is 94.5 Å². The quantitative estimate of drug-likeness (QED) is 0.139. The number of nitrogens with zero attached hydrogens (tertiary/aromatic N) is 4. The van der Waals surface area contributed by atoms with E-state index in [0.29, 0.717) is 11.7 Å². The van der Waals surface area contributed by atoms with E-state index >= 15 is 0 Å². The van der Waals surface area contributed by atoms with Crippen LogP contribution in [-0.2, 0) is 17.7 Å². The van der Waals surface area contributed by atoms with Gasteiger partial charge in [0.25, 0.3) is 0 Å². The standard InChI is InChI=1S/C28H25Cl2N5O.C3H8O2/c29-21-7-2-19(3-8-21)16-31-25-11-6-20-5-1-18(15-24(20)34-25)4-9-22-10-12-26(36-22)35-14-13-23-27(30)32-17-33-28(23)35;1-3(2,4)5/h1-3,5-8,11,13-15,17,22,26H,4,9-10,12,16H2,(H,31,34);4-5H,1-2H3. The van der Waals surface area contributed by atoms with Crippen molar-refractivity contribution >= 4 is 51.0 Å². The normalized spacial score (nSPS) is 17.0. The summed E-state index contributed by atoms with van der Waals surface area (Å²) in [6.45, 7) is 3.30. The molecule has 0 aliphatic carbocycles. The van der Waals surface area contributed by atoms with Crippen molar-refractivity contribution in [3.63, 3.8) is 0 Å². The number of nitrogens with one attached hydrogen (secondary N) is 1. The third-order valence-electron chi connectivity index (χ3n) is 6.75. The van der Waals surface area contributed by atoms with Crippen LogP contribution in [0.1, 0.15) is 50.5 Å². The average Bonchev–Trinajstić information content (AvgIpc) is 3.58. The van der Waals surface area contributed by atoms with Crippen LogP contribution in [0.2, 0.25) is 10.2 Å². The van der Waals surface area contributed by atoms with E-state index in [9.17, 15) is 0 Å². The average molecular weight is 595 g/mol. The molecule has 0 radical (unpaired) electrons. The van der Waals surface area contributed by atoms with Crippen LogP contribution in [0.25, 0.3) is 21.9 Å². The van der Waals surface area contributed by atoms with Gasteiger partial charge in [0.2, 0.25) is 0 Å². The Morgan fingerprint density at radius 1 is 0.976 bits per heavy atom. The highest BCUT2D eigenvalue weighted by molar-refractivity contribution is 6.33. The molecule has 214 valence electrons. The lowest BCUT2D eigenvalue weighted by molar-refractivity contribution is -0.127. The van der Waals surface area contributed by atoms with Gasteiger partial charge in [-0.05, 0) is 87.1 Å². The van der Waals surface area contributed by atoms with Crippen LogP contribution < -0.4 is 5.32 Å². The number of halogens is 2. The Hall–Kier alpha value is -3.27. The van der Waals surface area contributed by atoms with Crippen molar-refractivity contribution in [2.45, 2.75) is 64.2 Å². The molecule has 5 aromatic rings. The summed E-state index contributed by atoms with van der Waals surface area (Å²) in [6.07, 6.45) is 7.56. The molecule has 2 aromatic carbocycles. The first-order valence-electron chi connectivity index (χ1n) is 13.6. The lowest BCUT2D eigenvalue weighted by Crippen LogP contribution is -2.15. The summed E-state index contributed by atoms with van der Waals surface area (Å²) in [6, 6.07) is 20.5. The van der Waals surface area contributed by atoms with Gasteiger partial charge in [-0.25, -0.2) is 15.0 Å². The molecule has 2 atom stereocenters. The number of hydrogen-bond donors (Lipinski definition) is 3. The second-order valence-corrected chi connectivity index (χ2v) is 11.4. The molecule has 8 nitrogen and oxygen atoms in total. The largest absolute Gasteiger partial charge is 0.366 e. The molecule has 1 saturated heterocycles. The Kier molecular flexibility index (Phi) is 9.06. The van der Waals surface area contributed by atoms with Crippen molar-refractivity contribution in [3.8, 4) is 0 Å². The summed E-state index contributed by atoms with van der Waals surface area (Å²) >= 11 is 12.2. The van der Waals surface area contributed by atoms with E-state index in [4.69, 9.17) is 43.1 Å². The van der Waals surface area contributed by atoms with Gasteiger partial charge in [0.15, 0.2) is 5.79 Å². The molecule has 1 fully saturated rings. The number of benzene rings is 2. The van der Waals surface area contributed by atoms with Gasteiger partial charge < -0.3 is 24.8 Å². The lowest BCUT2D eigenvalue weighted by Gasteiger charge is -2.16. The first-order chi connectivity index (χ1) is 19.6. The zero-order valence-corrected chi connectivity index (χ0v) is 24.5. The molecule has 0 saturated carbocycles. The third kappa shape index (κ3) is 7.93. The predicted molar refractivity (Wildman–Crippen MR) is 163 cm³/mol. The highest BCUT2D eigenvalue weighted by Crippen LogP contribution is 2.34. The summed E-state index contributed by atoms with van der Waals surface area (Å²) in [5.41, 5.74) is 4.24. The minimum Gasteiger partial charge on any atom is -0.366 e. The number of ether oxygens (including phenoxy) is 1. The van der Waals surface area contributed by atoms with Crippen molar-refractivity contribution in [1.29, 1.82) is 0 Å². The summed E-state index contributed by atoms with van der Waals surface area (Å²) in [5.74, 6) is -0.639.